The number of ether oxygens (including phenoxy) is 1. The van der Waals surface area contributed by atoms with Gasteiger partial charge in [-0.15, -0.1) is 11.3 Å². The average Bonchev–Trinajstić information content (AvgIpc) is 3.01. The van der Waals surface area contributed by atoms with Gasteiger partial charge in [-0.25, -0.2) is 4.79 Å². The Kier molecular flexibility index (Phi) is 3.33. The molecule has 2 aromatic rings. The minimum Gasteiger partial charge on any atom is -0.487 e. The highest BCUT2D eigenvalue weighted by Gasteiger charge is 2.31. The van der Waals surface area contributed by atoms with Crippen LogP contribution in [0.1, 0.15) is 29.9 Å². The summed E-state index contributed by atoms with van der Waals surface area (Å²) in [5, 5.41) is 11.3. The molecule has 4 heteroatoms. The van der Waals surface area contributed by atoms with Gasteiger partial charge in [-0.1, -0.05) is 24.3 Å². The number of hydrogen-bond donors (Lipinski definition) is 1. The van der Waals surface area contributed by atoms with Crippen LogP contribution in [-0.2, 0) is 11.2 Å². The van der Waals surface area contributed by atoms with E-state index in [0.29, 0.717) is 5.57 Å². The molecular formula is C17H16O3S. The van der Waals surface area contributed by atoms with E-state index in [2.05, 4.69) is 0 Å². The highest BCUT2D eigenvalue weighted by Crippen LogP contribution is 2.39. The van der Waals surface area contributed by atoms with Gasteiger partial charge in [0, 0.05) is 16.9 Å². The third-order valence-electron chi connectivity index (χ3n) is 3.44. The van der Waals surface area contributed by atoms with Crippen molar-refractivity contribution >= 4 is 29.0 Å². The summed E-state index contributed by atoms with van der Waals surface area (Å²) >= 11 is 1.42. The van der Waals surface area contributed by atoms with E-state index in [4.69, 9.17) is 4.74 Å². The lowest BCUT2D eigenvalue weighted by atomic mass is 10.00. The minimum absolute atomic E-state index is 0.238. The summed E-state index contributed by atoms with van der Waals surface area (Å²) in [7, 11) is 0. The Labute approximate surface area is 127 Å². The number of benzene rings is 1. The maximum absolute atomic E-state index is 11.5. The van der Waals surface area contributed by atoms with Gasteiger partial charge in [0.1, 0.15) is 11.4 Å². The van der Waals surface area contributed by atoms with Crippen LogP contribution < -0.4 is 4.74 Å². The molecule has 0 spiro atoms. The van der Waals surface area contributed by atoms with Crippen molar-refractivity contribution in [2.75, 3.05) is 0 Å². The van der Waals surface area contributed by atoms with Crippen molar-refractivity contribution < 1.29 is 14.6 Å². The quantitative estimate of drug-likeness (QED) is 0.869. The third-order valence-corrected chi connectivity index (χ3v) is 4.34. The van der Waals surface area contributed by atoms with Gasteiger partial charge in [-0.05, 0) is 36.9 Å². The number of para-hydroxylation sites is 1. The van der Waals surface area contributed by atoms with Crippen LogP contribution in [-0.4, -0.2) is 16.7 Å². The summed E-state index contributed by atoms with van der Waals surface area (Å²) in [4.78, 5) is 12.3. The number of hydrogen-bond acceptors (Lipinski definition) is 3. The van der Waals surface area contributed by atoms with Crippen molar-refractivity contribution in [3.05, 3.63) is 51.7 Å². The summed E-state index contributed by atoms with van der Waals surface area (Å²) in [5.41, 5.74) is 2.01. The Morgan fingerprint density at radius 1 is 1.33 bits per heavy atom. The molecule has 0 radical (unpaired) electrons. The van der Waals surface area contributed by atoms with E-state index in [1.165, 1.54) is 11.3 Å². The van der Waals surface area contributed by atoms with Crippen LogP contribution in [0.5, 0.6) is 5.75 Å². The first-order valence-electron chi connectivity index (χ1n) is 6.76. The van der Waals surface area contributed by atoms with Gasteiger partial charge in [0.25, 0.3) is 0 Å². The maximum Gasteiger partial charge on any atom is 0.337 e. The average molecular weight is 300 g/mol. The monoisotopic (exact) mass is 300 g/mol. The van der Waals surface area contributed by atoms with Crippen molar-refractivity contribution in [3.8, 4) is 5.75 Å². The fourth-order valence-electron chi connectivity index (χ4n) is 2.58. The van der Waals surface area contributed by atoms with Gasteiger partial charge in [0.2, 0.25) is 0 Å². The standard InChI is InChI=1S/C17H16O3S/c1-17(2)10-12-6-3-5-11(15(12)20-17)9-13(16(18)19)14-7-4-8-21-14/h3-9H,10H2,1-2H3,(H,18,19). The molecule has 0 aliphatic carbocycles. The number of aliphatic carboxylic acids is 1. The first-order valence-corrected chi connectivity index (χ1v) is 7.64. The molecule has 0 bridgehead atoms. The van der Waals surface area contributed by atoms with E-state index in [1.54, 1.807) is 6.08 Å². The van der Waals surface area contributed by atoms with Gasteiger partial charge in [-0.2, -0.15) is 0 Å². The van der Waals surface area contributed by atoms with Crippen LogP contribution in [0.25, 0.3) is 11.6 Å². The van der Waals surface area contributed by atoms with Crippen LogP contribution in [0.4, 0.5) is 0 Å². The van der Waals surface area contributed by atoms with Crippen LogP contribution in [0.2, 0.25) is 0 Å². The number of carbonyl (C=O) groups is 1. The summed E-state index contributed by atoms with van der Waals surface area (Å²) in [6, 6.07) is 9.55. The van der Waals surface area contributed by atoms with Crippen LogP contribution in [0, 0.1) is 0 Å². The van der Waals surface area contributed by atoms with Crippen molar-refractivity contribution in [3.63, 3.8) is 0 Å². The maximum atomic E-state index is 11.5. The summed E-state index contributed by atoms with van der Waals surface area (Å²) < 4.78 is 5.99. The molecule has 0 amide bonds. The number of fused-ring (bicyclic) bond motifs is 1. The fraction of sp³-hybridized carbons (Fsp3) is 0.235. The van der Waals surface area contributed by atoms with Crippen LogP contribution in [0.3, 0.4) is 0 Å². The van der Waals surface area contributed by atoms with E-state index < -0.39 is 5.97 Å². The van der Waals surface area contributed by atoms with Crippen LogP contribution in [0.15, 0.2) is 35.7 Å². The Bertz CT molecular complexity index is 712. The molecule has 1 aliphatic rings. The Balaban J connectivity index is 2.08. The second-order valence-electron chi connectivity index (χ2n) is 5.71. The fourth-order valence-corrected chi connectivity index (χ4v) is 3.31. The molecule has 108 valence electrons. The molecule has 2 heterocycles. The Hall–Kier alpha value is -2.07. The molecule has 1 N–H and O–H groups in total. The van der Waals surface area contributed by atoms with E-state index in [0.717, 1.165) is 28.2 Å². The third kappa shape index (κ3) is 2.72. The SMILES string of the molecule is CC1(C)Cc2cccc(C=C(C(=O)O)c3cccs3)c2O1. The van der Waals surface area contributed by atoms with Crippen molar-refractivity contribution in [2.45, 2.75) is 25.9 Å². The molecule has 1 aliphatic heterocycles. The summed E-state index contributed by atoms with van der Waals surface area (Å²) in [6.45, 7) is 4.08. The molecule has 0 saturated carbocycles. The molecule has 0 atom stereocenters. The number of thiophene rings is 1. The van der Waals surface area contributed by atoms with E-state index in [9.17, 15) is 9.90 Å². The van der Waals surface area contributed by atoms with Gasteiger partial charge in [0.05, 0.1) is 5.57 Å². The topological polar surface area (TPSA) is 46.5 Å². The Morgan fingerprint density at radius 2 is 2.14 bits per heavy atom. The van der Waals surface area contributed by atoms with Crippen LogP contribution >= 0.6 is 11.3 Å². The molecule has 1 aromatic heterocycles. The predicted octanol–water partition coefficient (Wildman–Crippen LogP) is 4.09. The van der Waals surface area contributed by atoms with E-state index >= 15 is 0 Å². The zero-order valence-electron chi connectivity index (χ0n) is 11.9. The van der Waals surface area contributed by atoms with E-state index in [1.807, 2.05) is 49.6 Å². The lowest BCUT2D eigenvalue weighted by Crippen LogP contribution is -2.24. The lowest BCUT2D eigenvalue weighted by Gasteiger charge is -2.17. The first-order chi connectivity index (χ1) is 9.96. The summed E-state index contributed by atoms with van der Waals surface area (Å²) in [6.07, 6.45) is 2.54. The highest BCUT2D eigenvalue weighted by atomic mass is 32.1. The molecule has 3 nitrogen and oxygen atoms in total. The largest absolute Gasteiger partial charge is 0.487 e. The first kappa shape index (κ1) is 13.9. The van der Waals surface area contributed by atoms with Gasteiger partial charge >= 0.3 is 5.97 Å². The summed E-state index contributed by atoms with van der Waals surface area (Å²) in [5.74, 6) is -0.120. The second kappa shape index (κ2) is 5.04. The molecule has 21 heavy (non-hydrogen) atoms. The molecule has 0 unspecified atom stereocenters. The normalized spacial score (nSPS) is 16.4. The van der Waals surface area contributed by atoms with Crippen molar-refractivity contribution in [1.82, 2.24) is 0 Å². The molecule has 0 saturated heterocycles. The number of carboxylic acid groups (broad SMARTS) is 1. The second-order valence-corrected chi connectivity index (χ2v) is 6.66. The van der Waals surface area contributed by atoms with Crippen molar-refractivity contribution in [2.24, 2.45) is 0 Å². The number of rotatable bonds is 3. The Morgan fingerprint density at radius 3 is 2.81 bits per heavy atom. The lowest BCUT2D eigenvalue weighted by molar-refractivity contribution is -0.130. The molecule has 1 aromatic carbocycles. The number of carboxylic acids is 1. The van der Waals surface area contributed by atoms with Gasteiger partial charge in [-0.3, -0.25) is 0 Å². The van der Waals surface area contributed by atoms with E-state index in [-0.39, 0.29) is 5.60 Å². The molecular weight excluding hydrogens is 284 g/mol. The van der Waals surface area contributed by atoms with Gasteiger partial charge < -0.3 is 9.84 Å². The smallest absolute Gasteiger partial charge is 0.337 e. The molecule has 3 rings (SSSR count). The van der Waals surface area contributed by atoms with Crippen molar-refractivity contribution in [1.29, 1.82) is 0 Å². The predicted molar refractivity (Wildman–Crippen MR) is 84.7 cm³/mol. The molecule has 0 fully saturated rings. The van der Waals surface area contributed by atoms with Gasteiger partial charge in [0.15, 0.2) is 0 Å². The zero-order valence-corrected chi connectivity index (χ0v) is 12.7. The zero-order chi connectivity index (χ0) is 15.0. The minimum atomic E-state index is -0.924. The highest BCUT2D eigenvalue weighted by molar-refractivity contribution is 7.11.